The smallest absolute Gasteiger partial charge is 0.252 e. The topological polar surface area (TPSA) is 61.4 Å². The molecule has 1 aliphatic rings. The van der Waals surface area contributed by atoms with E-state index in [4.69, 9.17) is 0 Å². The van der Waals surface area contributed by atoms with E-state index in [1.165, 1.54) is 11.3 Å². The summed E-state index contributed by atoms with van der Waals surface area (Å²) in [5, 5.41) is 9.72. The monoisotopic (exact) mass is 345 g/mol. The van der Waals surface area contributed by atoms with Crippen LogP contribution in [0.15, 0.2) is 16.8 Å². The van der Waals surface area contributed by atoms with Gasteiger partial charge >= 0.3 is 0 Å². The number of amides is 2. The van der Waals surface area contributed by atoms with Crippen molar-refractivity contribution in [2.75, 3.05) is 33.2 Å². The third-order valence-corrected chi connectivity index (χ3v) is 4.45. The van der Waals surface area contributed by atoms with Crippen LogP contribution in [0, 0.1) is 5.92 Å². The van der Waals surface area contributed by atoms with Gasteiger partial charge in [-0.2, -0.15) is 11.3 Å². The van der Waals surface area contributed by atoms with Crippen LogP contribution in [0.3, 0.4) is 0 Å². The fraction of sp³-hybridized carbons (Fsp3) is 0.600. The van der Waals surface area contributed by atoms with Crippen molar-refractivity contribution in [2.24, 2.45) is 5.92 Å². The Bertz CT molecular complexity index is 467. The van der Waals surface area contributed by atoms with Crippen molar-refractivity contribution >= 4 is 35.6 Å². The molecule has 0 radical (unpaired) electrons. The van der Waals surface area contributed by atoms with Gasteiger partial charge in [0.2, 0.25) is 5.91 Å². The molecule has 7 heteroatoms. The lowest BCUT2D eigenvalue weighted by molar-refractivity contribution is -0.130. The number of likely N-dealkylation sites (tertiary alicyclic amines) is 1. The second-order valence-corrected chi connectivity index (χ2v) is 6.20. The first kappa shape index (κ1) is 18.9. The molecule has 22 heavy (non-hydrogen) atoms. The highest BCUT2D eigenvalue weighted by Crippen LogP contribution is 2.16. The summed E-state index contributed by atoms with van der Waals surface area (Å²) in [6.45, 7) is 3.25. The zero-order chi connectivity index (χ0) is 15.1. The number of carbonyl (C=O) groups excluding carboxylic acids is 2. The average molecular weight is 346 g/mol. The van der Waals surface area contributed by atoms with Crippen molar-refractivity contribution in [1.82, 2.24) is 15.5 Å². The minimum Gasteiger partial charge on any atom is -0.352 e. The molecule has 2 N–H and O–H groups in total. The molecule has 0 aliphatic carbocycles. The van der Waals surface area contributed by atoms with Gasteiger partial charge in [-0.15, -0.1) is 12.4 Å². The van der Waals surface area contributed by atoms with Crippen LogP contribution in [0.4, 0.5) is 0 Å². The number of hydrogen-bond donors (Lipinski definition) is 2. The van der Waals surface area contributed by atoms with Gasteiger partial charge in [0, 0.05) is 37.0 Å². The van der Waals surface area contributed by atoms with Crippen molar-refractivity contribution in [3.05, 3.63) is 22.4 Å². The van der Waals surface area contributed by atoms with E-state index in [2.05, 4.69) is 10.6 Å². The number of rotatable bonds is 7. The SMILES string of the molecule is CNCC1CCN(C(=O)CCCNC(=O)c2ccsc2)C1.Cl. The Morgan fingerprint density at radius 1 is 1.45 bits per heavy atom. The number of nitrogens with zero attached hydrogens (tertiary/aromatic N) is 1. The van der Waals surface area contributed by atoms with Gasteiger partial charge in [0.1, 0.15) is 0 Å². The number of thiophene rings is 1. The summed E-state index contributed by atoms with van der Waals surface area (Å²) in [4.78, 5) is 25.7. The summed E-state index contributed by atoms with van der Waals surface area (Å²) < 4.78 is 0. The van der Waals surface area contributed by atoms with E-state index >= 15 is 0 Å². The second kappa shape index (κ2) is 9.82. The van der Waals surface area contributed by atoms with Crippen LogP contribution in [0.25, 0.3) is 0 Å². The quantitative estimate of drug-likeness (QED) is 0.740. The van der Waals surface area contributed by atoms with Crippen LogP contribution in [0.1, 0.15) is 29.6 Å². The van der Waals surface area contributed by atoms with E-state index in [9.17, 15) is 9.59 Å². The fourth-order valence-electron chi connectivity index (χ4n) is 2.61. The maximum absolute atomic E-state index is 12.1. The van der Waals surface area contributed by atoms with Gasteiger partial charge in [0.15, 0.2) is 0 Å². The number of nitrogens with one attached hydrogen (secondary N) is 2. The lowest BCUT2D eigenvalue weighted by Crippen LogP contribution is -2.31. The third kappa shape index (κ3) is 5.59. The minimum absolute atomic E-state index is 0. The number of carbonyl (C=O) groups is 2. The third-order valence-electron chi connectivity index (χ3n) is 3.77. The van der Waals surface area contributed by atoms with Gasteiger partial charge < -0.3 is 15.5 Å². The molecule has 0 saturated carbocycles. The Labute approximate surface area is 141 Å². The second-order valence-electron chi connectivity index (χ2n) is 5.42. The van der Waals surface area contributed by atoms with Crippen LogP contribution in [0.2, 0.25) is 0 Å². The van der Waals surface area contributed by atoms with Gasteiger partial charge in [-0.05, 0) is 43.8 Å². The molecule has 2 amide bonds. The molecule has 0 spiro atoms. The Morgan fingerprint density at radius 2 is 2.27 bits per heavy atom. The Balaban J connectivity index is 0.00000242. The Hall–Kier alpha value is -1.11. The molecule has 1 aromatic heterocycles. The Morgan fingerprint density at radius 3 is 2.95 bits per heavy atom. The maximum atomic E-state index is 12.1. The van der Waals surface area contributed by atoms with Crippen LogP contribution < -0.4 is 10.6 Å². The fourth-order valence-corrected chi connectivity index (χ4v) is 3.25. The molecule has 124 valence electrons. The van der Waals surface area contributed by atoms with Crippen LogP contribution in [-0.2, 0) is 4.79 Å². The molecular weight excluding hydrogens is 322 g/mol. The van der Waals surface area contributed by atoms with E-state index < -0.39 is 0 Å². The zero-order valence-electron chi connectivity index (χ0n) is 12.8. The molecule has 5 nitrogen and oxygen atoms in total. The molecule has 0 aromatic carbocycles. The molecule has 1 unspecified atom stereocenters. The van der Waals surface area contributed by atoms with E-state index in [1.54, 1.807) is 6.07 Å². The van der Waals surface area contributed by atoms with Crippen molar-refractivity contribution < 1.29 is 9.59 Å². The highest BCUT2D eigenvalue weighted by molar-refractivity contribution is 7.08. The molecule has 2 rings (SSSR count). The highest BCUT2D eigenvalue weighted by Gasteiger charge is 2.25. The van der Waals surface area contributed by atoms with Crippen LogP contribution in [-0.4, -0.2) is 49.9 Å². The summed E-state index contributed by atoms with van der Waals surface area (Å²) >= 11 is 1.51. The predicted molar refractivity (Wildman–Crippen MR) is 91.7 cm³/mol. The number of halogens is 1. The van der Waals surface area contributed by atoms with Crippen molar-refractivity contribution in [1.29, 1.82) is 0 Å². The predicted octanol–water partition coefficient (Wildman–Crippen LogP) is 1.75. The average Bonchev–Trinajstić information content (AvgIpc) is 3.14. The van der Waals surface area contributed by atoms with Crippen molar-refractivity contribution in [3.8, 4) is 0 Å². The molecule has 1 aliphatic heterocycles. The van der Waals surface area contributed by atoms with Gasteiger partial charge in [0.25, 0.3) is 5.91 Å². The first-order valence-corrected chi connectivity index (χ1v) is 8.37. The van der Waals surface area contributed by atoms with Gasteiger partial charge in [-0.3, -0.25) is 9.59 Å². The molecule has 1 fully saturated rings. The van der Waals surface area contributed by atoms with Crippen LogP contribution in [0.5, 0.6) is 0 Å². The van der Waals surface area contributed by atoms with Crippen molar-refractivity contribution in [3.63, 3.8) is 0 Å². The van der Waals surface area contributed by atoms with E-state index in [0.717, 1.165) is 26.1 Å². The van der Waals surface area contributed by atoms with Gasteiger partial charge in [-0.25, -0.2) is 0 Å². The van der Waals surface area contributed by atoms with Crippen molar-refractivity contribution in [2.45, 2.75) is 19.3 Å². The molecule has 2 heterocycles. The Kier molecular flexibility index (Phi) is 8.45. The normalized spacial score (nSPS) is 17.1. The molecular formula is C15H24ClN3O2S. The standard InChI is InChI=1S/C15H23N3O2S.ClH/c1-16-9-12-4-7-18(10-12)14(19)3-2-6-17-15(20)13-5-8-21-11-13;/h5,8,11-12,16H,2-4,6-7,9-10H2,1H3,(H,17,20);1H. The van der Waals surface area contributed by atoms with E-state index in [0.29, 0.717) is 30.9 Å². The summed E-state index contributed by atoms with van der Waals surface area (Å²) in [6, 6.07) is 1.80. The highest BCUT2D eigenvalue weighted by atomic mass is 35.5. The van der Waals surface area contributed by atoms with Gasteiger partial charge in [-0.1, -0.05) is 0 Å². The largest absolute Gasteiger partial charge is 0.352 e. The van der Waals surface area contributed by atoms with Crippen LogP contribution >= 0.6 is 23.7 Å². The molecule has 1 aromatic rings. The summed E-state index contributed by atoms with van der Waals surface area (Å²) in [6.07, 6.45) is 2.29. The summed E-state index contributed by atoms with van der Waals surface area (Å²) in [5.74, 6) is 0.731. The molecule has 0 bridgehead atoms. The first-order chi connectivity index (χ1) is 10.2. The first-order valence-electron chi connectivity index (χ1n) is 7.43. The number of hydrogen-bond acceptors (Lipinski definition) is 4. The van der Waals surface area contributed by atoms with E-state index in [1.807, 2.05) is 22.7 Å². The lowest BCUT2D eigenvalue weighted by Gasteiger charge is -2.16. The molecule has 1 saturated heterocycles. The molecule has 1 atom stereocenters. The summed E-state index contributed by atoms with van der Waals surface area (Å²) in [7, 11) is 1.95. The van der Waals surface area contributed by atoms with E-state index in [-0.39, 0.29) is 24.2 Å². The maximum Gasteiger partial charge on any atom is 0.252 e. The van der Waals surface area contributed by atoms with Gasteiger partial charge in [0.05, 0.1) is 0 Å². The zero-order valence-corrected chi connectivity index (χ0v) is 14.5. The minimum atomic E-state index is -0.0565. The summed E-state index contributed by atoms with van der Waals surface area (Å²) in [5.41, 5.74) is 0.695. The lowest BCUT2D eigenvalue weighted by atomic mass is 10.1.